The maximum Gasteiger partial charge on any atom is 0.310 e. The third-order valence-electron chi connectivity index (χ3n) is 3.96. The topological polar surface area (TPSA) is 110 Å². The Hall–Kier alpha value is -2.64. The zero-order chi connectivity index (χ0) is 17.0. The normalized spacial score (nSPS) is 20.8. The minimum Gasteiger partial charge on any atom is -0.481 e. The second-order valence-corrected chi connectivity index (χ2v) is 5.52. The van der Waals surface area contributed by atoms with Gasteiger partial charge in [0.15, 0.2) is 12.4 Å². The largest absolute Gasteiger partial charge is 0.481 e. The second-order valence-electron chi connectivity index (χ2n) is 5.52. The summed E-state index contributed by atoms with van der Waals surface area (Å²) in [6.07, 6.45) is 1.14. The molecule has 23 heavy (non-hydrogen) atoms. The van der Waals surface area contributed by atoms with E-state index in [0.29, 0.717) is 12.8 Å². The van der Waals surface area contributed by atoms with Crippen molar-refractivity contribution in [3.8, 4) is 5.75 Å². The first-order valence-corrected chi connectivity index (χ1v) is 7.28. The number of rotatable bonds is 5. The SMILES string of the molecule is CC1CCC(C(=O)O)CN1C(=O)COc1ccccc1[N+](=O)[O-]. The maximum atomic E-state index is 12.3. The minimum absolute atomic E-state index is 0.0188. The highest BCUT2D eigenvalue weighted by atomic mass is 16.6. The Labute approximate surface area is 132 Å². The van der Waals surface area contributed by atoms with Crippen LogP contribution in [0.2, 0.25) is 0 Å². The van der Waals surface area contributed by atoms with Gasteiger partial charge in [-0.3, -0.25) is 19.7 Å². The molecule has 1 heterocycles. The number of carbonyl (C=O) groups excluding carboxylic acids is 1. The number of ether oxygens (including phenoxy) is 1. The number of nitrogens with zero attached hydrogens (tertiary/aromatic N) is 2. The molecule has 1 aliphatic rings. The lowest BCUT2D eigenvalue weighted by atomic mass is 9.93. The van der Waals surface area contributed by atoms with Gasteiger partial charge >= 0.3 is 11.7 Å². The first-order valence-electron chi connectivity index (χ1n) is 7.28. The Bertz CT molecular complexity index is 618. The fourth-order valence-electron chi connectivity index (χ4n) is 2.61. The highest BCUT2D eigenvalue weighted by Crippen LogP contribution is 2.26. The van der Waals surface area contributed by atoms with Crippen LogP contribution < -0.4 is 4.74 Å². The molecule has 0 spiro atoms. The van der Waals surface area contributed by atoms with Crippen molar-refractivity contribution in [2.45, 2.75) is 25.8 Å². The van der Waals surface area contributed by atoms with Crippen LogP contribution in [0.4, 0.5) is 5.69 Å². The van der Waals surface area contributed by atoms with Crippen LogP contribution in [0, 0.1) is 16.0 Å². The number of hydrogen-bond donors (Lipinski definition) is 1. The van der Waals surface area contributed by atoms with Crippen LogP contribution in [0.3, 0.4) is 0 Å². The summed E-state index contributed by atoms with van der Waals surface area (Å²) in [5.74, 6) is -1.86. The molecule has 0 aromatic heterocycles. The van der Waals surface area contributed by atoms with Crippen molar-refractivity contribution in [3.05, 3.63) is 34.4 Å². The van der Waals surface area contributed by atoms with Crippen molar-refractivity contribution in [1.29, 1.82) is 0 Å². The Morgan fingerprint density at radius 2 is 2.09 bits per heavy atom. The van der Waals surface area contributed by atoms with Crippen LogP contribution in [0.25, 0.3) is 0 Å². The molecule has 0 aliphatic carbocycles. The van der Waals surface area contributed by atoms with Gasteiger partial charge in [-0.25, -0.2) is 0 Å². The standard InChI is InChI=1S/C15H18N2O6/c1-10-6-7-11(15(19)20)8-16(10)14(18)9-23-13-5-3-2-4-12(13)17(21)22/h2-5,10-11H,6-9H2,1H3,(H,19,20). The van der Waals surface area contributed by atoms with Gasteiger partial charge in [0.05, 0.1) is 10.8 Å². The molecule has 2 unspecified atom stereocenters. The van der Waals surface area contributed by atoms with Crippen LogP contribution in [0.5, 0.6) is 5.75 Å². The number of hydrogen-bond acceptors (Lipinski definition) is 5. The quantitative estimate of drug-likeness (QED) is 0.652. The van der Waals surface area contributed by atoms with E-state index in [1.165, 1.54) is 23.1 Å². The van der Waals surface area contributed by atoms with E-state index in [1.54, 1.807) is 6.07 Å². The van der Waals surface area contributed by atoms with E-state index in [2.05, 4.69) is 0 Å². The molecule has 2 rings (SSSR count). The molecular formula is C15H18N2O6. The Morgan fingerprint density at radius 3 is 2.74 bits per heavy atom. The van der Waals surface area contributed by atoms with Gasteiger partial charge in [-0.2, -0.15) is 0 Å². The van der Waals surface area contributed by atoms with Crippen LogP contribution in [-0.2, 0) is 9.59 Å². The van der Waals surface area contributed by atoms with Crippen LogP contribution in [0.1, 0.15) is 19.8 Å². The van der Waals surface area contributed by atoms with E-state index in [0.717, 1.165) is 0 Å². The number of piperidine rings is 1. The van der Waals surface area contributed by atoms with Crippen LogP contribution in [0.15, 0.2) is 24.3 Å². The lowest BCUT2D eigenvalue weighted by Gasteiger charge is -2.36. The predicted molar refractivity (Wildman–Crippen MR) is 80.1 cm³/mol. The number of para-hydroxylation sites is 2. The second kappa shape index (κ2) is 7.08. The van der Waals surface area contributed by atoms with Gasteiger partial charge in [0.1, 0.15) is 0 Å². The fraction of sp³-hybridized carbons (Fsp3) is 0.467. The van der Waals surface area contributed by atoms with Crippen molar-refractivity contribution in [2.24, 2.45) is 5.92 Å². The Balaban J connectivity index is 2.01. The number of aliphatic carboxylic acids is 1. The van der Waals surface area contributed by atoms with Gasteiger partial charge in [-0.1, -0.05) is 12.1 Å². The molecule has 8 nitrogen and oxygen atoms in total. The first kappa shape index (κ1) is 16.7. The number of nitro benzene ring substituents is 1. The van der Waals surface area contributed by atoms with E-state index in [4.69, 9.17) is 9.84 Å². The van der Waals surface area contributed by atoms with E-state index >= 15 is 0 Å². The maximum absolute atomic E-state index is 12.3. The summed E-state index contributed by atoms with van der Waals surface area (Å²) in [6.45, 7) is 1.62. The molecule has 1 amide bonds. The van der Waals surface area contributed by atoms with E-state index in [1.807, 2.05) is 6.92 Å². The average Bonchev–Trinajstić information content (AvgIpc) is 2.53. The Morgan fingerprint density at radius 1 is 1.39 bits per heavy atom. The molecule has 0 bridgehead atoms. The lowest BCUT2D eigenvalue weighted by Crippen LogP contribution is -2.49. The third-order valence-corrected chi connectivity index (χ3v) is 3.96. The van der Waals surface area contributed by atoms with Crippen LogP contribution >= 0.6 is 0 Å². The first-order chi connectivity index (χ1) is 10.9. The zero-order valence-corrected chi connectivity index (χ0v) is 12.7. The highest BCUT2D eigenvalue weighted by Gasteiger charge is 2.32. The van der Waals surface area contributed by atoms with Gasteiger partial charge in [0.25, 0.3) is 5.91 Å². The molecule has 1 fully saturated rings. The molecule has 8 heteroatoms. The number of carbonyl (C=O) groups is 2. The van der Waals surface area contributed by atoms with Crippen molar-refractivity contribution in [2.75, 3.05) is 13.2 Å². The molecule has 0 radical (unpaired) electrons. The van der Waals surface area contributed by atoms with E-state index in [-0.39, 0.29) is 36.5 Å². The number of nitro groups is 1. The van der Waals surface area contributed by atoms with Gasteiger partial charge in [0.2, 0.25) is 0 Å². The summed E-state index contributed by atoms with van der Waals surface area (Å²) >= 11 is 0. The number of benzene rings is 1. The number of carboxylic acids is 1. The lowest BCUT2D eigenvalue weighted by molar-refractivity contribution is -0.385. The van der Waals surface area contributed by atoms with Crippen molar-refractivity contribution < 1.29 is 24.4 Å². The third kappa shape index (κ3) is 3.97. The molecule has 2 atom stereocenters. The molecule has 1 aliphatic heterocycles. The summed E-state index contributed by atoms with van der Waals surface area (Å²) in [7, 11) is 0. The van der Waals surface area contributed by atoms with Crippen molar-refractivity contribution in [3.63, 3.8) is 0 Å². The molecular weight excluding hydrogens is 304 g/mol. The number of amides is 1. The average molecular weight is 322 g/mol. The Kier molecular flexibility index (Phi) is 5.15. The molecule has 124 valence electrons. The van der Waals surface area contributed by atoms with Crippen molar-refractivity contribution in [1.82, 2.24) is 4.90 Å². The summed E-state index contributed by atoms with van der Waals surface area (Å²) in [6, 6.07) is 5.73. The predicted octanol–water partition coefficient (Wildman–Crippen LogP) is 1.69. The molecule has 1 aromatic carbocycles. The number of likely N-dealkylation sites (tertiary alicyclic amines) is 1. The molecule has 1 aromatic rings. The summed E-state index contributed by atoms with van der Waals surface area (Å²) < 4.78 is 5.28. The molecule has 1 N–H and O–H groups in total. The molecule has 1 saturated heterocycles. The van der Waals surface area contributed by atoms with E-state index in [9.17, 15) is 19.7 Å². The van der Waals surface area contributed by atoms with Gasteiger partial charge in [-0.05, 0) is 25.8 Å². The van der Waals surface area contributed by atoms with Crippen molar-refractivity contribution >= 4 is 17.6 Å². The zero-order valence-electron chi connectivity index (χ0n) is 12.7. The van der Waals surface area contributed by atoms with Crippen LogP contribution in [-0.4, -0.2) is 46.0 Å². The summed E-state index contributed by atoms with van der Waals surface area (Å²) in [4.78, 5) is 35.1. The van der Waals surface area contributed by atoms with Gasteiger partial charge in [-0.15, -0.1) is 0 Å². The summed E-state index contributed by atoms with van der Waals surface area (Å²) in [5, 5.41) is 20.0. The smallest absolute Gasteiger partial charge is 0.310 e. The fourth-order valence-corrected chi connectivity index (χ4v) is 2.61. The number of carboxylic acid groups (broad SMARTS) is 1. The van der Waals surface area contributed by atoms with Gasteiger partial charge in [0, 0.05) is 18.7 Å². The molecule has 0 saturated carbocycles. The minimum atomic E-state index is -0.922. The van der Waals surface area contributed by atoms with E-state index < -0.39 is 16.8 Å². The van der Waals surface area contributed by atoms with Gasteiger partial charge < -0.3 is 14.7 Å². The highest BCUT2D eigenvalue weighted by molar-refractivity contribution is 5.79. The summed E-state index contributed by atoms with van der Waals surface area (Å²) in [5.41, 5.74) is -0.213. The monoisotopic (exact) mass is 322 g/mol.